The van der Waals surface area contributed by atoms with Crippen molar-refractivity contribution in [1.29, 1.82) is 0 Å². The highest BCUT2D eigenvalue weighted by Crippen LogP contribution is 2.27. The zero-order valence-corrected chi connectivity index (χ0v) is 12.4. The Morgan fingerprint density at radius 1 is 1.05 bits per heavy atom. The molecule has 3 rings (SSSR count). The summed E-state index contributed by atoms with van der Waals surface area (Å²) in [6.45, 7) is 4.08. The Bertz CT molecular complexity index is 766. The molecule has 0 aliphatic heterocycles. The van der Waals surface area contributed by atoms with Crippen molar-refractivity contribution < 1.29 is 0 Å². The zero-order chi connectivity index (χ0) is 13.4. The monoisotopic (exact) mass is 312 g/mol. The molecule has 0 bridgehead atoms. The van der Waals surface area contributed by atoms with E-state index < -0.39 is 0 Å². The quantitative estimate of drug-likeness (QED) is 0.652. The van der Waals surface area contributed by atoms with E-state index >= 15 is 0 Å². The number of nitrogens with zero attached hydrogens (tertiary/aromatic N) is 2. The van der Waals surface area contributed by atoms with E-state index in [1.54, 1.807) is 0 Å². The normalized spacial score (nSPS) is 10.9. The largest absolute Gasteiger partial charge is 0.258 e. The van der Waals surface area contributed by atoms with Gasteiger partial charge in [0, 0.05) is 21.6 Å². The maximum Gasteiger partial charge on any atom is 0.0933 e. The van der Waals surface area contributed by atoms with Gasteiger partial charge in [-0.2, -0.15) is 0 Å². The van der Waals surface area contributed by atoms with E-state index in [2.05, 4.69) is 64.2 Å². The Morgan fingerprint density at radius 3 is 2.68 bits per heavy atom. The van der Waals surface area contributed by atoms with Crippen molar-refractivity contribution in [3.05, 3.63) is 58.3 Å². The summed E-state index contributed by atoms with van der Waals surface area (Å²) in [5.41, 5.74) is 5.27. The third-order valence-electron chi connectivity index (χ3n) is 3.18. The Hall–Kier alpha value is -1.74. The van der Waals surface area contributed by atoms with Crippen LogP contribution in [0.15, 0.2) is 47.1 Å². The lowest BCUT2D eigenvalue weighted by Crippen LogP contribution is -1.91. The van der Waals surface area contributed by atoms with Crippen molar-refractivity contribution in [2.75, 3.05) is 0 Å². The van der Waals surface area contributed by atoms with Crippen LogP contribution in [-0.2, 0) is 0 Å². The smallest absolute Gasteiger partial charge is 0.0933 e. The maximum absolute atomic E-state index is 4.75. The van der Waals surface area contributed by atoms with Gasteiger partial charge in [0.25, 0.3) is 0 Å². The number of pyridine rings is 2. The van der Waals surface area contributed by atoms with Crippen LogP contribution in [0.25, 0.3) is 22.2 Å². The summed E-state index contributed by atoms with van der Waals surface area (Å²) < 4.78 is 0.983. The SMILES string of the molecule is Cc1cccc(-c2ccc3c(Br)cnc(C)c3n2)c1. The molecule has 19 heavy (non-hydrogen) atoms. The molecule has 0 spiro atoms. The lowest BCUT2D eigenvalue weighted by molar-refractivity contribution is 1.20. The van der Waals surface area contributed by atoms with Crippen LogP contribution in [0.1, 0.15) is 11.3 Å². The molecule has 2 aromatic heterocycles. The fraction of sp³-hybridized carbons (Fsp3) is 0.125. The van der Waals surface area contributed by atoms with Crippen molar-refractivity contribution in [2.24, 2.45) is 0 Å². The van der Waals surface area contributed by atoms with Gasteiger partial charge in [-0.05, 0) is 48.0 Å². The predicted molar refractivity (Wildman–Crippen MR) is 82.1 cm³/mol. The van der Waals surface area contributed by atoms with Crippen LogP contribution in [0, 0.1) is 13.8 Å². The fourth-order valence-electron chi connectivity index (χ4n) is 2.18. The molecular formula is C16H13BrN2. The molecule has 2 nitrogen and oxygen atoms in total. The lowest BCUT2D eigenvalue weighted by Gasteiger charge is -2.07. The highest BCUT2D eigenvalue weighted by atomic mass is 79.9. The summed E-state index contributed by atoms with van der Waals surface area (Å²) in [4.78, 5) is 9.10. The first-order chi connectivity index (χ1) is 9.15. The van der Waals surface area contributed by atoms with Gasteiger partial charge in [0.2, 0.25) is 0 Å². The number of aryl methyl sites for hydroxylation is 2. The van der Waals surface area contributed by atoms with E-state index in [9.17, 15) is 0 Å². The highest BCUT2D eigenvalue weighted by molar-refractivity contribution is 9.10. The topological polar surface area (TPSA) is 25.8 Å². The second-order valence-corrected chi connectivity index (χ2v) is 5.51. The van der Waals surface area contributed by atoms with Crippen LogP contribution in [0.4, 0.5) is 0 Å². The molecule has 2 heterocycles. The summed E-state index contributed by atoms with van der Waals surface area (Å²) >= 11 is 3.52. The molecule has 0 atom stereocenters. The summed E-state index contributed by atoms with van der Waals surface area (Å²) in [5.74, 6) is 0. The molecular weight excluding hydrogens is 300 g/mol. The number of rotatable bonds is 1. The molecule has 1 aromatic carbocycles. The van der Waals surface area contributed by atoms with Crippen LogP contribution in [-0.4, -0.2) is 9.97 Å². The van der Waals surface area contributed by atoms with Gasteiger partial charge in [-0.15, -0.1) is 0 Å². The summed E-state index contributed by atoms with van der Waals surface area (Å²) in [5, 5.41) is 1.10. The summed E-state index contributed by atoms with van der Waals surface area (Å²) in [6, 6.07) is 12.5. The third kappa shape index (κ3) is 2.26. The van der Waals surface area contributed by atoms with Gasteiger partial charge in [0.05, 0.1) is 16.9 Å². The minimum atomic E-state index is 0.952. The molecule has 3 heteroatoms. The number of halogens is 1. The van der Waals surface area contributed by atoms with Gasteiger partial charge >= 0.3 is 0 Å². The lowest BCUT2D eigenvalue weighted by atomic mass is 10.1. The average molecular weight is 313 g/mol. The molecule has 94 valence electrons. The number of fused-ring (bicyclic) bond motifs is 1. The second-order valence-electron chi connectivity index (χ2n) is 4.65. The van der Waals surface area contributed by atoms with Gasteiger partial charge in [0.15, 0.2) is 0 Å². The van der Waals surface area contributed by atoms with Gasteiger partial charge in [-0.25, -0.2) is 4.98 Å². The van der Waals surface area contributed by atoms with E-state index in [-0.39, 0.29) is 0 Å². The number of hydrogen-bond acceptors (Lipinski definition) is 2. The third-order valence-corrected chi connectivity index (χ3v) is 3.81. The van der Waals surface area contributed by atoms with Crippen molar-refractivity contribution >= 4 is 26.8 Å². The first kappa shape index (κ1) is 12.3. The molecule has 0 N–H and O–H groups in total. The predicted octanol–water partition coefficient (Wildman–Crippen LogP) is 4.68. The van der Waals surface area contributed by atoms with Crippen molar-refractivity contribution in [3.63, 3.8) is 0 Å². The summed E-state index contributed by atoms with van der Waals surface area (Å²) in [6.07, 6.45) is 1.83. The van der Waals surface area contributed by atoms with Crippen LogP contribution in [0.5, 0.6) is 0 Å². The van der Waals surface area contributed by atoms with Crippen molar-refractivity contribution in [3.8, 4) is 11.3 Å². The van der Waals surface area contributed by atoms with Gasteiger partial charge in [-0.3, -0.25) is 4.98 Å². The Morgan fingerprint density at radius 2 is 1.89 bits per heavy atom. The Kier molecular flexibility index (Phi) is 3.07. The maximum atomic E-state index is 4.75. The van der Waals surface area contributed by atoms with E-state index in [0.717, 1.165) is 32.3 Å². The molecule has 0 unspecified atom stereocenters. The second kappa shape index (κ2) is 4.74. The minimum Gasteiger partial charge on any atom is -0.258 e. The van der Waals surface area contributed by atoms with E-state index in [1.807, 2.05) is 13.1 Å². The molecule has 0 saturated heterocycles. The molecule has 3 aromatic rings. The first-order valence-corrected chi connectivity index (χ1v) is 6.93. The Balaban J connectivity index is 2.25. The number of benzene rings is 1. The standard InChI is InChI=1S/C16H13BrN2/c1-10-4-3-5-12(8-10)15-7-6-13-14(17)9-18-11(2)16(13)19-15/h3-9H,1-2H3. The van der Waals surface area contributed by atoms with Gasteiger partial charge in [-0.1, -0.05) is 23.8 Å². The molecule has 0 fully saturated rings. The summed E-state index contributed by atoms with van der Waals surface area (Å²) in [7, 11) is 0. The molecule has 0 amide bonds. The first-order valence-electron chi connectivity index (χ1n) is 6.14. The van der Waals surface area contributed by atoms with Gasteiger partial charge < -0.3 is 0 Å². The fourth-order valence-corrected chi connectivity index (χ4v) is 2.60. The molecule has 0 saturated carbocycles. The molecule has 0 radical (unpaired) electrons. The van der Waals surface area contributed by atoms with Crippen LogP contribution >= 0.6 is 15.9 Å². The van der Waals surface area contributed by atoms with Crippen LogP contribution < -0.4 is 0 Å². The van der Waals surface area contributed by atoms with Crippen molar-refractivity contribution in [2.45, 2.75) is 13.8 Å². The van der Waals surface area contributed by atoms with E-state index in [1.165, 1.54) is 5.56 Å². The van der Waals surface area contributed by atoms with Crippen molar-refractivity contribution in [1.82, 2.24) is 9.97 Å². The highest BCUT2D eigenvalue weighted by Gasteiger charge is 2.07. The Labute approximate surface area is 120 Å². The zero-order valence-electron chi connectivity index (χ0n) is 10.8. The van der Waals surface area contributed by atoms with E-state index in [0.29, 0.717) is 0 Å². The molecule has 0 aliphatic rings. The van der Waals surface area contributed by atoms with Gasteiger partial charge in [0.1, 0.15) is 0 Å². The minimum absolute atomic E-state index is 0.952. The number of hydrogen-bond donors (Lipinski definition) is 0. The van der Waals surface area contributed by atoms with E-state index in [4.69, 9.17) is 4.98 Å². The average Bonchev–Trinajstić information content (AvgIpc) is 2.43. The van der Waals surface area contributed by atoms with Crippen LogP contribution in [0.3, 0.4) is 0 Å². The number of aromatic nitrogens is 2. The molecule has 0 aliphatic carbocycles. The van der Waals surface area contributed by atoms with Crippen LogP contribution in [0.2, 0.25) is 0 Å².